The zero-order chi connectivity index (χ0) is 39.8. The Kier molecular flexibility index (Phi) is 12.5. The fraction of sp³-hybridized carbons (Fsp3) is 0.308. The first-order valence-electron chi connectivity index (χ1n) is 17.6. The van der Waals surface area contributed by atoms with Gasteiger partial charge in [0.1, 0.15) is 24.8 Å². The van der Waals surface area contributed by atoms with Crippen molar-refractivity contribution in [3.8, 4) is 45.4 Å². The topological polar surface area (TPSA) is 183 Å². The summed E-state index contributed by atoms with van der Waals surface area (Å²) < 4.78 is 39.7. The summed E-state index contributed by atoms with van der Waals surface area (Å²) >= 11 is 0. The van der Waals surface area contributed by atoms with Crippen LogP contribution in [0, 0.1) is 0 Å². The smallest absolute Gasteiger partial charge is 0.276 e. The van der Waals surface area contributed by atoms with Crippen LogP contribution in [0.4, 0.5) is 27.5 Å². The zero-order valence-corrected chi connectivity index (χ0v) is 31.6. The maximum atomic E-state index is 15.2. The number of anilines is 4. The fourth-order valence-corrected chi connectivity index (χ4v) is 6.65. The molecule has 1 fully saturated rings. The number of hydroxylamine groups is 1. The Hall–Kier alpha value is -6.46. The highest BCUT2D eigenvalue weighted by atomic mass is 19.1. The Morgan fingerprint density at radius 2 is 1.61 bits per heavy atom. The molecule has 3 aromatic carbocycles. The highest BCUT2D eigenvalue weighted by molar-refractivity contribution is 6.00. The van der Waals surface area contributed by atoms with E-state index in [0.29, 0.717) is 41.5 Å². The van der Waals surface area contributed by atoms with Gasteiger partial charge in [-0.2, -0.15) is 10.1 Å². The van der Waals surface area contributed by atoms with E-state index in [4.69, 9.17) is 33.9 Å². The van der Waals surface area contributed by atoms with Crippen molar-refractivity contribution in [1.29, 1.82) is 0 Å². The number of benzene rings is 3. The Bertz CT molecular complexity index is 2190. The highest BCUT2D eigenvalue weighted by Gasteiger charge is 2.27. The number of aromatic nitrogens is 4. The van der Waals surface area contributed by atoms with E-state index >= 15 is 4.39 Å². The minimum absolute atomic E-state index is 0.00188. The molecule has 294 valence electrons. The molecule has 1 aliphatic rings. The molecule has 3 heterocycles. The number of para-hydroxylation sites is 1. The summed E-state index contributed by atoms with van der Waals surface area (Å²) in [5, 5.41) is 20.4. The molecule has 0 unspecified atom stereocenters. The van der Waals surface area contributed by atoms with E-state index in [1.807, 2.05) is 29.1 Å². The third-order valence-corrected chi connectivity index (χ3v) is 9.38. The van der Waals surface area contributed by atoms with Gasteiger partial charge in [-0.1, -0.05) is 18.2 Å². The molecule has 0 saturated carbocycles. The normalized spacial score (nSPS) is 12.9. The first-order chi connectivity index (χ1) is 27.3. The van der Waals surface area contributed by atoms with Crippen LogP contribution in [0.15, 0.2) is 66.9 Å². The van der Waals surface area contributed by atoms with Crippen LogP contribution in [0.2, 0.25) is 0 Å². The molecule has 2 aromatic heterocycles. The molecule has 1 aliphatic heterocycles. The van der Waals surface area contributed by atoms with Crippen molar-refractivity contribution in [1.82, 2.24) is 30.1 Å². The number of aliphatic hydroxyl groups excluding tert-OH is 1. The molecule has 0 aliphatic carbocycles. The van der Waals surface area contributed by atoms with Crippen LogP contribution >= 0.6 is 0 Å². The number of aliphatic hydroxyl groups is 1. The molecule has 16 nitrogen and oxygen atoms in total. The third-order valence-electron chi connectivity index (χ3n) is 9.38. The van der Waals surface area contributed by atoms with Crippen molar-refractivity contribution in [3.05, 3.63) is 78.1 Å². The van der Waals surface area contributed by atoms with Crippen molar-refractivity contribution in [3.63, 3.8) is 0 Å². The first kappa shape index (κ1) is 39.2. The van der Waals surface area contributed by atoms with Crippen LogP contribution in [0.5, 0.6) is 23.0 Å². The minimum atomic E-state index is -1.000. The van der Waals surface area contributed by atoms with Gasteiger partial charge in [0.15, 0.2) is 11.5 Å². The maximum Gasteiger partial charge on any atom is 0.276 e. The van der Waals surface area contributed by atoms with Crippen LogP contribution in [0.25, 0.3) is 22.4 Å². The van der Waals surface area contributed by atoms with Crippen molar-refractivity contribution in [2.75, 3.05) is 65.9 Å². The van der Waals surface area contributed by atoms with Crippen LogP contribution in [-0.4, -0.2) is 96.8 Å². The molecule has 0 radical (unpaired) electrons. The lowest BCUT2D eigenvalue weighted by atomic mass is 10.0. The van der Waals surface area contributed by atoms with E-state index in [9.17, 15) is 14.7 Å². The molecule has 1 saturated heterocycles. The molecule has 6 rings (SSSR count). The van der Waals surface area contributed by atoms with Gasteiger partial charge < -0.3 is 39.6 Å². The second-order valence-corrected chi connectivity index (χ2v) is 12.5. The van der Waals surface area contributed by atoms with Gasteiger partial charge in [-0.15, -0.1) is 0 Å². The van der Waals surface area contributed by atoms with Crippen LogP contribution < -0.4 is 35.1 Å². The van der Waals surface area contributed by atoms with Crippen molar-refractivity contribution in [2.45, 2.75) is 25.6 Å². The number of methoxy groups -OCH3 is 4. The van der Waals surface area contributed by atoms with E-state index in [0.717, 1.165) is 24.1 Å². The van der Waals surface area contributed by atoms with E-state index in [1.54, 1.807) is 47.4 Å². The van der Waals surface area contributed by atoms with Gasteiger partial charge in [0.2, 0.25) is 17.6 Å². The molecular weight excluding hydrogens is 727 g/mol. The summed E-state index contributed by atoms with van der Waals surface area (Å²) in [6, 6.07) is 17.5. The van der Waals surface area contributed by atoms with Crippen molar-refractivity contribution in [2.24, 2.45) is 0 Å². The zero-order valence-electron chi connectivity index (χ0n) is 31.6. The third kappa shape index (κ3) is 8.13. The predicted octanol–water partition coefficient (Wildman–Crippen LogP) is 5.45. The second-order valence-electron chi connectivity index (χ2n) is 12.5. The SMILES string of the molecule is CONC(=O)c1ccccc1Nc1nc(Nc2ccc(-c3ccn(C4CCN(C(=O)CO)CC4)n3)cc2OC)nc(CF)c1-c1ccc(OC)c(OC)c1OC. The summed E-state index contributed by atoms with van der Waals surface area (Å²) in [5.74, 6) is 0.754. The number of rotatable bonds is 15. The quantitative estimate of drug-likeness (QED) is 0.0988. The Balaban J connectivity index is 1.37. The summed E-state index contributed by atoms with van der Waals surface area (Å²) in [6.45, 7) is -0.390. The Morgan fingerprint density at radius 3 is 2.29 bits per heavy atom. The van der Waals surface area contributed by atoms with Gasteiger partial charge in [-0.05, 0) is 55.3 Å². The van der Waals surface area contributed by atoms with Crippen LogP contribution in [0.3, 0.4) is 0 Å². The number of hydrogen-bond acceptors (Lipinski definition) is 13. The monoisotopic (exact) mass is 770 g/mol. The number of likely N-dealkylation sites (tertiary alicyclic amines) is 1. The number of halogens is 1. The van der Waals surface area contributed by atoms with E-state index < -0.39 is 19.2 Å². The number of amides is 2. The predicted molar refractivity (Wildman–Crippen MR) is 206 cm³/mol. The van der Waals surface area contributed by atoms with Gasteiger partial charge in [0, 0.05) is 30.4 Å². The lowest BCUT2D eigenvalue weighted by Crippen LogP contribution is -2.40. The second kappa shape index (κ2) is 17.8. The van der Waals surface area contributed by atoms with Crippen LogP contribution in [-0.2, 0) is 16.3 Å². The maximum absolute atomic E-state index is 15.2. The van der Waals surface area contributed by atoms with Gasteiger partial charge in [0.25, 0.3) is 5.91 Å². The Morgan fingerprint density at radius 1 is 0.857 bits per heavy atom. The van der Waals surface area contributed by atoms with Crippen molar-refractivity contribution < 1.29 is 42.9 Å². The molecule has 2 amide bonds. The van der Waals surface area contributed by atoms with E-state index in [-0.39, 0.29) is 52.0 Å². The Labute approximate surface area is 322 Å². The average molecular weight is 771 g/mol. The van der Waals surface area contributed by atoms with E-state index in [1.165, 1.54) is 35.5 Å². The summed E-state index contributed by atoms with van der Waals surface area (Å²) in [7, 11) is 7.27. The number of piperidine rings is 1. The molecule has 4 N–H and O–H groups in total. The number of carbonyl (C=O) groups excluding carboxylic acids is 2. The highest BCUT2D eigenvalue weighted by Crippen LogP contribution is 2.47. The fourth-order valence-electron chi connectivity index (χ4n) is 6.65. The number of carbonyl (C=O) groups is 2. The number of ether oxygens (including phenoxy) is 4. The number of hydrogen-bond donors (Lipinski definition) is 4. The lowest BCUT2D eigenvalue weighted by Gasteiger charge is -2.31. The molecular formula is C39H43FN8O8. The number of alkyl halides is 1. The van der Waals surface area contributed by atoms with E-state index in [2.05, 4.69) is 21.1 Å². The standard InChI is InChI=1S/C39H43FN8O8/c1-52-31-13-11-26(35(54-3)36(31)55-4)34-30(21-40)43-39(44-37(34)41-28-9-7-6-8-25(28)38(51)46-56-5)42-29-12-10-23(20-32(29)53-2)27-16-19-48(45-27)24-14-17-47(18-15-24)33(50)22-49/h6-13,16,19-20,24,49H,14-15,17-18,21-22H2,1-5H3,(H,46,51)(H2,41,42,43,44). The summed E-state index contributed by atoms with van der Waals surface area (Å²) in [6.07, 6.45) is 3.36. The molecule has 56 heavy (non-hydrogen) atoms. The number of nitrogens with zero attached hydrogens (tertiary/aromatic N) is 5. The molecule has 17 heteroatoms. The van der Waals surface area contributed by atoms with Crippen LogP contribution in [0.1, 0.15) is 34.9 Å². The lowest BCUT2D eigenvalue weighted by molar-refractivity contribution is -0.135. The van der Waals surface area contributed by atoms with Crippen molar-refractivity contribution >= 4 is 35.0 Å². The van der Waals surface area contributed by atoms with Gasteiger partial charge in [-0.25, -0.2) is 14.9 Å². The largest absolute Gasteiger partial charge is 0.495 e. The molecule has 0 spiro atoms. The van der Waals surface area contributed by atoms with Gasteiger partial charge in [0.05, 0.1) is 75.5 Å². The minimum Gasteiger partial charge on any atom is -0.495 e. The van der Waals surface area contributed by atoms with Gasteiger partial charge in [-0.3, -0.25) is 19.1 Å². The molecule has 0 bridgehead atoms. The molecule has 0 atom stereocenters. The first-order valence-corrected chi connectivity index (χ1v) is 17.6. The average Bonchev–Trinajstić information content (AvgIpc) is 3.73. The summed E-state index contributed by atoms with van der Waals surface area (Å²) in [5.41, 5.74) is 5.55. The van der Waals surface area contributed by atoms with Gasteiger partial charge >= 0.3 is 0 Å². The summed E-state index contributed by atoms with van der Waals surface area (Å²) in [4.78, 5) is 40.8. The molecule has 5 aromatic rings. The number of nitrogens with one attached hydrogen (secondary N) is 3.